The normalized spacial score (nSPS) is 15.1. The second-order valence-electron chi connectivity index (χ2n) is 8.03. The van der Waals surface area contributed by atoms with Gasteiger partial charge in [-0.3, -0.25) is 13.9 Å². The molecule has 2 heterocycles. The summed E-state index contributed by atoms with van der Waals surface area (Å²) in [6, 6.07) is 10.7. The van der Waals surface area contributed by atoms with E-state index >= 15 is 0 Å². The number of hydrogen-bond acceptors (Lipinski definition) is 4. The highest BCUT2D eigenvalue weighted by atomic mass is 16.2. The van der Waals surface area contributed by atoms with Crippen LogP contribution in [0.1, 0.15) is 44.1 Å². The van der Waals surface area contributed by atoms with Crippen molar-refractivity contribution in [3.8, 4) is 0 Å². The zero-order chi connectivity index (χ0) is 20.4. The van der Waals surface area contributed by atoms with Crippen LogP contribution in [0.15, 0.2) is 39.9 Å². The van der Waals surface area contributed by atoms with Crippen molar-refractivity contribution in [1.29, 1.82) is 0 Å². The summed E-state index contributed by atoms with van der Waals surface area (Å²) >= 11 is 0. The van der Waals surface area contributed by atoms with Crippen molar-refractivity contribution in [3.63, 3.8) is 0 Å². The molecule has 0 aliphatic heterocycles. The summed E-state index contributed by atoms with van der Waals surface area (Å²) in [5.74, 6) is 0.707. The third-order valence-corrected chi connectivity index (χ3v) is 5.98. The van der Waals surface area contributed by atoms with Crippen molar-refractivity contribution >= 4 is 17.1 Å². The average molecular weight is 396 g/mol. The van der Waals surface area contributed by atoms with Gasteiger partial charge in [-0.2, -0.15) is 4.98 Å². The van der Waals surface area contributed by atoms with Gasteiger partial charge < -0.3 is 9.88 Å². The van der Waals surface area contributed by atoms with E-state index in [1.807, 2.05) is 22.8 Å². The van der Waals surface area contributed by atoms with Gasteiger partial charge in [-0.25, -0.2) is 4.79 Å². The predicted molar refractivity (Wildman–Crippen MR) is 115 cm³/mol. The van der Waals surface area contributed by atoms with Crippen LogP contribution in [0.5, 0.6) is 0 Å². The molecule has 1 fully saturated rings. The lowest BCUT2D eigenvalue weighted by Gasteiger charge is -2.23. The molecule has 0 spiro atoms. The van der Waals surface area contributed by atoms with Gasteiger partial charge in [0.2, 0.25) is 5.95 Å². The van der Waals surface area contributed by atoms with Crippen LogP contribution in [-0.4, -0.2) is 24.7 Å². The maximum absolute atomic E-state index is 12.9. The number of aryl methyl sites for hydroxylation is 3. The maximum Gasteiger partial charge on any atom is 0.332 e. The Morgan fingerprint density at radius 3 is 2.48 bits per heavy atom. The van der Waals surface area contributed by atoms with Crippen molar-refractivity contribution < 1.29 is 0 Å². The number of rotatable bonds is 6. The Kier molecular flexibility index (Phi) is 5.56. The van der Waals surface area contributed by atoms with Crippen LogP contribution >= 0.6 is 0 Å². The summed E-state index contributed by atoms with van der Waals surface area (Å²) in [6.07, 6.45) is 7.75. The summed E-state index contributed by atoms with van der Waals surface area (Å²) < 4.78 is 4.62. The zero-order valence-corrected chi connectivity index (χ0v) is 17.2. The lowest BCUT2D eigenvalue weighted by atomic mass is 9.96. The molecule has 29 heavy (non-hydrogen) atoms. The van der Waals surface area contributed by atoms with E-state index < -0.39 is 0 Å². The molecule has 1 aliphatic rings. The third-order valence-electron chi connectivity index (χ3n) is 5.98. The highest BCUT2D eigenvalue weighted by molar-refractivity contribution is 5.74. The fourth-order valence-corrected chi connectivity index (χ4v) is 4.29. The fraction of sp³-hybridized carbons (Fsp3) is 0.500. The number of anilines is 1. The van der Waals surface area contributed by atoms with Crippen LogP contribution in [0.4, 0.5) is 5.95 Å². The maximum atomic E-state index is 12.9. The van der Waals surface area contributed by atoms with Gasteiger partial charge in [0.15, 0.2) is 11.2 Å². The number of nitrogens with one attached hydrogen (secondary N) is 1. The summed E-state index contributed by atoms with van der Waals surface area (Å²) in [4.78, 5) is 30.0. The first-order valence-electron chi connectivity index (χ1n) is 10.5. The molecule has 7 nitrogen and oxygen atoms in total. The first-order valence-corrected chi connectivity index (χ1v) is 10.5. The van der Waals surface area contributed by atoms with Crippen LogP contribution in [0, 0.1) is 0 Å². The van der Waals surface area contributed by atoms with Gasteiger partial charge in [0, 0.05) is 26.7 Å². The summed E-state index contributed by atoms with van der Waals surface area (Å²) in [7, 11) is 3.20. The van der Waals surface area contributed by atoms with Gasteiger partial charge >= 0.3 is 5.69 Å². The molecule has 2 aromatic heterocycles. The van der Waals surface area contributed by atoms with Crippen molar-refractivity contribution in [2.45, 2.75) is 57.5 Å². The molecule has 1 aliphatic carbocycles. The Hall–Kier alpha value is -2.83. The molecule has 4 rings (SSSR count). The van der Waals surface area contributed by atoms with Gasteiger partial charge in [-0.1, -0.05) is 49.6 Å². The van der Waals surface area contributed by atoms with Gasteiger partial charge in [0.05, 0.1) is 0 Å². The quantitative estimate of drug-likeness (QED) is 0.697. The number of hydrogen-bond donors (Lipinski definition) is 1. The number of aromatic nitrogens is 4. The summed E-state index contributed by atoms with van der Waals surface area (Å²) in [5.41, 5.74) is 1.60. The smallest absolute Gasteiger partial charge is 0.332 e. The van der Waals surface area contributed by atoms with E-state index in [1.165, 1.54) is 41.0 Å². The molecule has 0 bridgehead atoms. The standard InChI is InChI=1S/C22H29N5O2/c1-25-19-18(20(28)26(2)22(25)29)27(15-9-12-16-10-5-3-6-11-16)21(24-19)23-17-13-7-4-8-14-17/h3,5-6,10-11,17H,4,7-9,12-15H2,1-2H3,(H,23,24). The predicted octanol–water partition coefficient (Wildman–Crippen LogP) is 2.81. The van der Waals surface area contributed by atoms with Crippen LogP contribution in [0.3, 0.4) is 0 Å². The molecule has 0 amide bonds. The molecule has 3 aromatic rings. The summed E-state index contributed by atoms with van der Waals surface area (Å²) in [5, 5.41) is 3.57. The lowest BCUT2D eigenvalue weighted by molar-refractivity contribution is 0.458. The Morgan fingerprint density at radius 1 is 1.03 bits per heavy atom. The van der Waals surface area contributed by atoms with E-state index in [-0.39, 0.29) is 11.2 Å². The molecule has 1 N–H and O–H groups in total. The van der Waals surface area contributed by atoms with E-state index in [2.05, 4.69) is 17.4 Å². The molecule has 0 radical (unpaired) electrons. The fourth-order valence-electron chi connectivity index (χ4n) is 4.29. The van der Waals surface area contributed by atoms with Crippen LogP contribution in [0.25, 0.3) is 11.2 Å². The highest BCUT2D eigenvalue weighted by Gasteiger charge is 2.21. The van der Waals surface area contributed by atoms with Gasteiger partial charge in [0.25, 0.3) is 5.56 Å². The van der Waals surface area contributed by atoms with E-state index in [9.17, 15) is 9.59 Å². The van der Waals surface area contributed by atoms with Crippen molar-refractivity contribution in [2.24, 2.45) is 14.1 Å². The molecular weight excluding hydrogens is 366 g/mol. The second kappa shape index (κ2) is 8.27. The first kappa shape index (κ1) is 19.5. The van der Waals surface area contributed by atoms with E-state index in [1.54, 1.807) is 7.05 Å². The number of nitrogens with zero attached hydrogens (tertiary/aromatic N) is 4. The second-order valence-corrected chi connectivity index (χ2v) is 8.03. The van der Waals surface area contributed by atoms with E-state index in [4.69, 9.17) is 4.98 Å². The number of imidazole rings is 1. The van der Waals surface area contributed by atoms with Gasteiger partial charge in [0.1, 0.15) is 0 Å². The molecule has 1 saturated carbocycles. The number of fused-ring (bicyclic) bond motifs is 1. The van der Waals surface area contributed by atoms with Crippen molar-refractivity contribution in [2.75, 3.05) is 5.32 Å². The Bertz CT molecular complexity index is 1100. The van der Waals surface area contributed by atoms with Crippen LogP contribution in [0.2, 0.25) is 0 Å². The molecule has 7 heteroatoms. The summed E-state index contributed by atoms with van der Waals surface area (Å²) in [6.45, 7) is 0.674. The monoisotopic (exact) mass is 395 g/mol. The SMILES string of the molecule is Cn1c(=O)c2c(nc(NC3CCCCC3)n2CCCc2ccccc2)n(C)c1=O. The largest absolute Gasteiger partial charge is 0.353 e. The molecule has 1 aromatic carbocycles. The molecule has 0 atom stereocenters. The Morgan fingerprint density at radius 2 is 1.76 bits per heavy atom. The van der Waals surface area contributed by atoms with Gasteiger partial charge in [-0.05, 0) is 31.2 Å². The molecule has 0 saturated heterocycles. The van der Waals surface area contributed by atoms with Crippen molar-refractivity contribution in [3.05, 3.63) is 56.7 Å². The zero-order valence-electron chi connectivity index (χ0n) is 17.2. The van der Waals surface area contributed by atoms with Gasteiger partial charge in [-0.15, -0.1) is 0 Å². The average Bonchev–Trinajstić information content (AvgIpc) is 3.10. The minimum Gasteiger partial charge on any atom is -0.353 e. The van der Waals surface area contributed by atoms with E-state index in [0.717, 1.165) is 25.7 Å². The van der Waals surface area contributed by atoms with Crippen LogP contribution in [-0.2, 0) is 27.1 Å². The Labute approximate surface area is 170 Å². The van der Waals surface area contributed by atoms with Crippen molar-refractivity contribution in [1.82, 2.24) is 18.7 Å². The highest BCUT2D eigenvalue weighted by Crippen LogP contribution is 2.23. The van der Waals surface area contributed by atoms with Crippen LogP contribution < -0.4 is 16.6 Å². The van der Waals surface area contributed by atoms with E-state index in [0.29, 0.717) is 29.7 Å². The lowest BCUT2D eigenvalue weighted by Crippen LogP contribution is -2.37. The molecular formula is C22H29N5O2. The topological polar surface area (TPSA) is 73.8 Å². The first-order chi connectivity index (χ1) is 14.1. The molecule has 0 unspecified atom stereocenters. The Balaban J connectivity index is 1.70. The minimum absolute atomic E-state index is 0.285. The molecule has 154 valence electrons. The third kappa shape index (κ3) is 3.86. The minimum atomic E-state index is -0.347. The number of benzene rings is 1.